The third-order valence-corrected chi connectivity index (χ3v) is 4.10. The van der Waals surface area contributed by atoms with Crippen molar-refractivity contribution in [3.8, 4) is 12.1 Å². The van der Waals surface area contributed by atoms with Gasteiger partial charge in [0, 0.05) is 5.41 Å². The van der Waals surface area contributed by atoms with Gasteiger partial charge in [-0.2, -0.15) is 14.9 Å². The second-order valence-corrected chi connectivity index (χ2v) is 4.57. The van der Waals surface area contributed by atoms with Crippen LogP contribution in [-0.2, 0) is 0 Å². The van der Waals surface area contributed by atoms with Crippen molar-refractivity contribution in [2.75, 3.05) is 4.31 Å². The third kappa shape index (κ3) is 1.58. The van der Waals surface area contributed by atoms with E-state index in [0.29, 0.717) is 5.56 Å². The number of nitrogens with zero attached hydrogens (tertiary/aromatic N) is 4. The summed E-state index contributed by atoms with van der Waals surface area (Å²) in [5.74, 6) is 0. The molecule has 0 fully saturated rings. The fraction of sp³-hybridized carbons (Fsp3) is 0.222. The molecule has 1 atom stereocenters. The first-order chi connectivity index (χ1) is 7.27. The van der Waals surface area contributed by atoms with Gasteiger partial charge in [0.15, 0.2) is 0 Å². The Kier molecular flexibility index (Phi) is 2.63. The molecular formula is C9H6N4S2. The number of nitriles is 2. The van der Waals surface area contributed by atoms with Gasteiger partial charge in [-0.15, -0.1) is 0 Å². The third-order valence-electron chi connectivity index (χ3n) is 2.10. The number of rotatable bonds is 1. The standard InChI is InChI=1S/C9H6N4S2/c1-6-8(3-11)5-14-13(6)9-7(2-10)4-12-15-9/h4-6H,1H3. The molecule has 0 aliphatic carbocycles. The van der Waals surface area contributed by atoms with Crippen LogP contribution < -0.4 is 4.31 Å². The van der Waals surface area contributed by atoms with E-state index in [1.165, 1.54) is 23.5 Å². The van der Waals surface area contributed by atoms with Crippen molar-refractivity contribution in [2.24, 2.45) is 0 Å². The summed E-state index contributed by atoms with van der Waals surface area (Å²) in [5, 5.41) is 20.3. The van der Waals surface area contributed by atoms with E-state index in [9.17, 15) is 0 Å². The van der Waals surface area contributed by atoms with Crippen LogP contribution >= 0.6 is 23.5 Å². The summed E-state index contributed by atoms with van der Waals surface area (Å²) in [5.41, 5.74) is 1.28. The van der Waals surface area contributed by atoms with Crippen molar-refractivity contribution in [2.45, 2.75) is 13.0 Å². The lowest BCUT2D eigenvalue weighted by Crippen LogP contribution is -2.22. The van der Waals surface area contributed by atoms with E-state index in [-0.39, 0.29) is 6.04 Å². The highest BCUT2D eigenvalue weighted by molar-refractivity contribution is 8.03. The zero-order valence-electron chi connectivity index (χ0n) is 7.84. The van der Waals surface area contributed by atoms with Crippen LogP contribution in [0.5, 0.6) is 0 Å². The summed E-state index contributed by atoms with van der Waals surface area (Å²) >= 11 is 2.72. The van der Waals surface area contributed by atoms with Gasteiger partial charge in [0.05, 0.1) is 23.9 Å². The van der Waals surface area contributed by atoms with Crippen LogP contribution in [0, 0.1) is 22.7 Å². The van der Waals surface area contributed by atoms with Crippen LogP contribution in [0.25, 0.3) is 0 Å². The summed E-state index contributed by atoms with van der Waals surface area (Å²) in [7, 11) is 0. The summed E-state index contributed by atoms with van der Waals surface area (Å²) < 4.78 is 5.92. The smallest absolute Gasteiger partial charge is 0.140 e. The average Bonchev–Trinajstić information content (AvgIpc) is 2.83. The summed E-state index contributed by atoms with van der Waals surface area (Å²) in [6.45, 7) is 1.94. The maximum atomic E-state index is 8.88. The van der Waals surface area contributed by atoms with Crippen LogP contribution in [0.15, 0.2) is 17.2 Å². The first-order valence-electron chi connectivity index (χ1n) is 4.19. The molecule has 1 unspecified atom stereocenters. The largest absolute Gasteiger partial charge is 0.293 e. The predicted molar refractivity (Wildman–Crippen MR) is 60.1 cm³/mol. The Bertz CT molecular complexity index is 491. The van der Waals surface area contributed by atoms with Crippen molar-refractivity contribution in [1.82, 2.24) is 4.37 Å². The van der Waals surface area contributed by atoms with Crippen molar-refractivity contribution in [3.63, 3.8) is 0 Å². The van der Waals surface area contributed by atoms with Gasteiger partial charge in [-0.1, -0.05) is 0 Å². The van der Waals surface area contributed by atoms with Gasteiger partial charge >= 0.3 is 0 Å². The van der Waals surface area contributed by atoms with Gasteiger partial charge in [-0.05, 0) is 30.4 Å². The van der Waals surface area contributed by atoms with Crippen LogP contribution in [0.3, 0.4) is 0 Å². The van der Waals surface area contributed by atoms with E-state index in [4.69, 9.17) is 10.5 Å². The fourth-order valence-corrected chi connectivity index (χ4v) is 3.13. The average molecular weight is 234 g/mol. The first-order valence-corrected chi connectivity index (χ1v) is 5.80. The zero-order valence-corrected chi connectivity index (χ0v) is 9.47. The molecule has 74 valence electrons. The Morgan fingerprint density at radius 3 is 2.87 bits per heavy atom. The second-order valence-electron chi connectivity index (χ2n) is 2.95. The molecule has 1 aromatic rings. The molecule has 0 aromatic carbocycles. The molecule has 4 nitrogen and oxygen atoms in total. The monoisotopic (exact) mass is 234 g/mol. The lowest BCUT2D eigenvalue weighted by atomic mass is 10.2. The van der Waals surface area contributed by atoms with Crippen molar-refractivity contribution >= 4 is 28.5 Å². The summed E-state index contributed by atoms with van der Waals surface area (Å²) in [6, 6.07) is 4.24. The Morgan fingerprint density at radius 2 is 2.27 bits per heavy atom. The Morgan fingerprint density at radius 1 is 1.47 bits per heavy atom. The molecule has 0 saturated carbocycles. The lowest BCUT2D eigenvalue weighted by Gasteiger charge is -2.20. The number of anilines is 1. The highest BCUT2D eigenvalue weighted by Gasteiger charge is 2.27. The topological polar surface area (TPSA) is 63.7 Å². The van der Waals surface area contributed by atoms with Gasteiger partial charge < -0.3 is 0 Å². The SMILES string of the molecule is CC1C(C#N)=CSN1c1sncc1C#N. The minimum atomic E-state index is 0.00699. The molecule has 15 heavy (non-hydrogen) atoms. The molecule has 0 spiro atoms. The van der Waals surface area contributed by atoms with Gasteiger partial charge in [0.1, 0.15) is 16.6 Å². The highest BCUT2D eigenvalue weighted by Crippen LogP contribution is 2.39. The fourth-order valence-electron chi connectivity index (χ4n) is 1.24. The molecule has 0 amide bonds. The molecule has 6 heteroatoms. The minimum absolute atomic E-state index is 0.00699. The van der Waals surface area contributed by atoms with E-state index < -0.39 is 0 Å². The zero-order chi connectivity index (χ0) is 10.8. The van der Waals surface area contributed by atoms with Gasteiger partial charge in [-0.3, -0.25) is 4.31 Å². The number of aromatic nitrogens is 1. The van der Waals surface area contributed by atoms with E-state index in [1.807, 2.05) is 16.6 Å². The highest BCUT2D eigenvalue weighted by atomic mass is 32.2. The van der Waals surface area contributed by atoms with Crippen LogP contribution in [0.4, 0.5) is 5.00 Å². The minimum Gasteiger partial charge on any atom is -0.293 e. The number of hydrogen-bond acceptors (Lipinski definition) is 6. The van der Waals surface area contributed by atoms with E-state index >= 15 is 0 Å². The summed E-state index contributed by atoms with van der Waals surface area (Å²) in [6.07, 6.45) is 1.55. The van der Waals surface area contributed by atoms with Crippen LogP contribution in [0.1, 0.15) is 12.5 Å². The maximum Gasteiger partial charge on any atom is 0.140 e. The Labute approximate surface area is 95.7 Å². The Hall–Kier alpha value is -1.50. The van der Waals surface area contributed by atoms with Gasteiger partial charge in [0.2, 0.25) is 0 Å². The first kappa shape index (κ1) is 10.0. The molecular weight excluding hydrogens is 228 g/mol. The van der Waals surface area contributed by atoms with Crippen LogP contribution in [0.2, 0.25) is 0 Å². The Balaban J connectivity index is 2.30. The molecule has 2 heterocycles. The van der Waals surface area contributed by atoms with Crippen LogP contribution in [-0.4, -0.2) is 10.4 Å². The normalized spacial score (nSPS) is 19.5. The van der Waals surface area contributed by atoms with Gasteiger partial charge in [0.25, 0.3) is 0 Å². The predicted octanol–water partition coefficient (Wildman–Crippen LogP) is 2.28. The molecule has 0 bridgehead atoms. The molecule has 1 aromatic heterocycles. The molecule has 1 aliphatic heterocycles. The van der Waals surface area contributed by atoms with Crippen molar-refractivity contribution < 1.29 is 0 Å². The summed E-state index contributed by atoms with van der Waals surface area (Å²) in [4.78, 5) is 0. The molecule has 1 aliphatic rings. The molecule has 2 rings (SSSR count). The molecule has 0 radical (unpaired) electrons. The second kappa shape index (κ2) is 3.93. The number of hydrogen-bond donors (Lipinski definition) is 0. The van der Waals surface area contributed by atoms with E-state index in [2.05, 4.69) is 16.5 Å². The lowest BCUT2D eigenvalue weighted by molar-refractivity contribution is 0.912. The van der Waals surface area contributed by atoms with Crippen molar-refractivity contribution in [1.29, 1.82) is 10.5 Å². The maximum absolute atomic E-state index is 8.88. The van der Waals surface area contributed by atoms with Crippen molar-refractivity contribution in [3.05, 3.63) is 22.7 Å². The molecule has 0 N–H and O–H groups in total. The van der Waals surface area contributed by atoms with Gasteiger partial charge in [-0.25, -0.2) is 0 Å². The van der Waals surface area contributed by atoms with E-state index in [0.717, 1.165) is 10.6 Å². The quantitative estimate of drug-likeness (QED) is 0.697. The molecule has 0 saturated heterocycles. The van der Waals surface area contributed by atoms with E-state index in [1.54, 1.807) is 6.20 Å².